The SMILES string of the molecule is O=Cc1cc(Cl)c(S(=O)(=O)O)cc1Cl. The van der Waals surface area contributed by atoms with Crippen LogP contribution in [0.25, 0.3) is 0 Å². The maximum absolute atomic E-state index is 10.7. The quantitative estimate of drug-likeness (QED) is 0.648. The zero-order chi connectivity index (χ0) is 10.9. The first kappa shape index (κ1) is 11.5. The first-order valence-electron chi connectivity index (χ1n) is 3.28. The molecule has 0 saturated heterocycles. The van der Waals surface area contributed by atoms with Crippen molar-refractivity contribution in [3.8, 4) is 0 Å². The highest BCUT2D eigenvalue weighted by atomic mass is 35.5. The second-order valence-corrected chi connectivity index (χ2v) is 4.60. The topological polar surface area (TPSA) is 71.4 Å². The van der Waals surface area contributed by atoms with Crippen molar-refractivity contribution < 1.29 is 17.8 Å². The summed E-state index contributed by atoms with van der Waals surface area (Å²) in [5.74, 6) is 0. The fraction of sp³-hybridized carbons (Fsp3) is 0. The molecular weight excluding hydrogens is 251 g/mol. The number of hydrogen-bond acceptors (Lipinski definition) is 3. The van der Waals surface area contributed by atoms with Gasteiger partial charge in [-0.2, -0.15) is 8.42 Å². The molecule has 0 unspecified atom stereocenters. The molecule has 1 N–H and O–H groups in total. The summed E-state index contributed by atoms with van der Waals surface area (Å²) < 4.78 is 30.2. The highest BCUT2D eigenvalue weighted by Gasteiger charge is 2.16. The van der Waals surface area contributed by atoms with E-state index >= 15 is 0 Å². The minimum Gasteiger partial charge on any atom is -0.298 e. The van der Waals surface area contributed by atoms with E-state index in [4.69, 9.17) is 27.8 Å². The molecule has 1 aromatic rings. The number of carbonyl (C=O) groups excluding carboxylic acids is 1. The van der Waals surface area contributed by atoms with Crippen LogP contribution in [0.3, 0.4) is 0 Å². The lowest BCUT2D eigenvalue weighted by molar-refractivity contribution is 0.112. The summed E-state index contributed by atoms with van der Waals surface area (Å²) in [6.45, 7) is 0. The van der Waals surface area contributed by atoms with Crippen LogP contribution in [-0.2, 0) is 10.1 Å². The minimum atomic E-state index is -4.41. The summed E-state index contributed by atoms with van der Waals surface area (Å²) in [7, 11) is -4.41. The molecule has 76 valence electrons. The smallest absolute Gasteiger partial charge is 0.296 e. The predicted octanol–water partition coefficient (Wildman–Crippen LogP) is 2.05. The Balaban J connectivity index is 3.52. The highest BCUT2D eigenvalue weighted by molar-refractivity contribution is 7.86. The molecule has 0 amide bonds. The number of rotatable bonds is 2. The lowest BCUT2D eigenvalue weighted by Gasteiger charge is -2.02. The molecule has 0 fully saturated rings. The lowest BCUT2D eigenvalue weighted by atomic mass is 10.2. The molecule has 4 nitrogen and oxygen atoms in total. The Morgan fingerprint density at radius 2 is 1.79 bits per heavy atom. The average Bonchev–Trinajstić information content (AvgIpc) is 2.06. The van der Waals surface area contributed by atoms with E-state index in [-0.39, 0.29) is 15.6 Å². The van der Waals surface area contributed by atoms with E-state index in [1.54, 1.807) is 0 Å². The van der Waals surface area contributed by atoms with Crippen molar-refractivity contribution in [3.63, 3.8) is 0 Å². The van der Waals surface area contributed by atoms with E-state index in [2.05, 4.69) is 0 Å². The molecule has 0 spiro atoms. The third-order valence-electron chi connectivity index (χ3n) is 1.46. The van der Waals surface area contributed by atoms with E-state index in [1.165, 1.54) is 0 Å². The molecule has 7 heteroatoms. The average molecular weight is 255 g/mol. The van der Waals surface area contributed by atoms with Gasteiger partial charge in [-0.1, -0.05) is 23.2 Å². The zero-order valence-corrected chi connectivity index (χ0v) is 8.90. The molecule has 0 heterocycles. The molecular formula is C7H4Cl2O4S. The summed E-state index contributed by atoms with van der Waals surface area (Å²) in [6.07, 6.45) is 0.433. The van der Waals surface area contributed by atoms with Crippen LogP contribution in [0.4, 0.5) is 0 Å². The molecule has 0 aliphatic rings. The lowest BCUT2D eigenvalue weighted by Crippen LogP contribution is -2.00. The highest BCUT2D eigenvalue weighted by Crippen LogP contribution is 2.27. The van der Waals surface area contributed by atoms with E-state index in [1.807, 2.05) is 0 Å². The summed E-state index contributed by atoms with van der Waals surface area (Å²) in [5, 5.41) is -0.337. The van der Waals surface area contributed by atoms with Gasteiger partial charge in [0.25, 0.3) is 10.1 Å². The summed E-state index contributed by atoms with van der Waals surface area (Å²) in [6, 6.07) is 1.99. The molecule has 0 atom stereocenters. The third-order valence-corrected chi connectivity index (χ3v) is 3.10. The van der Waals surface area contributed by atoms with Crippen LogP contribution in [-0.4, -0.2) is 19.3 Å². The largest absolute Gasteiger partial charge is 0.298 e. The van der Waals surface area contributed by atoms with Crippen molar-refractivity contribution in [2.45, 2.75) is 4.90 Å². The van der Waals surface area contributed by atoms with Crippen molar-refractivity contribution in [2.24, 2.45) is 0 Å². The van der Waals surface area contributed by atoms with Crippen molar-refractivity contribution in [3.05, 3.63) is 27.7 Å². The van der Waals surface area contributed by atoms with Crippen molar-refractivity contribution in [1.82, 2.24) is 0 Å². The maximum Gasteiger partial charge on any atom is 0.296 e. The molecule has 0 aliphatic carbocycles. The van der Waals surface area contributed by atoms with Gasteiger partial charge in [0.05, 0.1) is 10.0 Å². The summed E-state index contributed by atoms with van der Waals surface area (Å²) >= 11 is 11.1. The molecule has 0 radical (unpaired) electrons. The van der Waals surface area contributed by atoms with Gasteiger partial charge in [-0.3, -0.25) is 9.35 Å². The summed E-state index contributed by atoms with van der Waals surface area (Å²) in [4.78, 5) is 9.87. The van der Waals surface area contributed by atoms with Gasteiger partial charge in [0.1, 0.15) is 4.90 Å². The van der Waals surface area contributed by atoms with Gasteiger partial charge in [-0.15, -0.1) is 0 Å². The Morgan fingerprint density at radius 3 is 2.21 bits per heavy atom. The monoisotopic (exact) mass is 254 g/mol. The number of carbonyl (C=O) groups is 1. The van der Waals surface area contributed by atoms with Crippen LogP contribution >= 0.6 is 23.2 Å². The van der Waals surface area contributed by atoms with Crippen molar-refractivity contribution in [2.75, 3.05) is 0 Å². The van der Waals surface area contributed by atoms with Crippen LogP contribution in [0.2, 0.25) is 10.0 Å². The van der Waals surface area contributed by atoms with Crippen molar-refractivity contribution >= 4 is 39.6 Å². The Hall–Kier alpha value is -0.620. The Morgan fingerprint density at radius 1 is 1.21 bits per heavy atom. The number of benzene rings is 1. The standard InChI is InChI=1S/C7H4Cl2O4S/c8-5-2-7(14(11,12)13)6(9)1-4(5)3-10/h1-3H,(H,11,12,13). The van der Waals surface area contributed by atoms with Gasteiger partial charge in [0.15, 0.2) is 6.29 Å². The molecule has 1 aromatic carbocycles. The van der Waals surface area contributed by atoms with Gasteiger partial charge < -0.3 is 0 Å². The van der Waals surface area contributed by atoms with Crippen LogP contribution in [0, 0.1) is 0 Å². The van der Waals surface area contributed by atoms with Gasteiger partial charge in [0, 0.05) is 5.56 Å². The molecule has 1 rings (SSSR count). The number of hydrogen-bond donors (Lipinski definition) is 1. The first-order chi connectivity index (χ1) is 6.36. The van der Waals surface area contributed by atoms with Gasteiger partial charge in [-0.25, -0.2) is 0 Å². The van der Waals surface area contributed by atoms with E-state index in [0.29, 0.717) is 6.29 Å². The molecule has 14 heavy (non-hydrogen) atoms. The van der Waals surface area contributed by atoms with Crippen LogP contribution < -0.4 is 0 Å². The number of aldehydes is 1. The van der Waals surface area contributed by atoms with Crippen LogP contribution in [0.15, 0.2) is 17.0 Å². The Kier molecular flexibility index (Phi) is 3.16. The third kappa shape index (κ3) is 2.24. The van der Waals surface area contributed by atoms with E-state index < -0.39 is 15.0 Å². The second kappa shape index (κ2) is 3.86. The Bertz CT molecular complexity index is 481. The second-order valence-electron chi connectivity index (χ2n) is 2.40. The van der Waals surface area contributed by atoms with Gasteiger partial charge >= 0.3 is 0 Å². The van der Waals surface area contributed by atoms with Gasteiger partial charge in [0.2, 0.25) is 0 Å². The van der Waals surface area contributed by atoms with Crippen LogP contribution in [0.1, 0.15) is 10.4 Å². The van der Waals surface area contributed by atoms with E-state index in [9.17, 15) is 13.2 Å². The normalized spacial score (nSPS) is 11.4. The van der Waals surface area contributed by atoms with Crippen LogP contribution in [0.5, 0.6) is 0 Å². The first-order valence-corrected chi connectivity index (χ1v) is 5.47. The molecule has 0 saturated carbocycles. The minimum absolute atomic E-state index is 0.0593. The van der Waals surface area contributed by atoms with E-state index in [0.717, 1.165) is 12.1 Å². The number of halogens is 2. The summed E-state index contributed by atoms with van der Waals surface area (Å²) in [5.41, 5.74) is 0.0593. The molecule has 0 bridgehead atoms. The zero-order valence-electron chi connectivity index (χ0n) is 6.57. The predicted molar refractivity (Wildman–Crippen MR) is 51.7 cm³/mol. The maximum atomic E-state index is 10.7. The fourth-order valence-corrected chi connectivity index (χ4v) is 2.14. The van der Waals surface area contributed by atoms with Gasteiger partial charge in [-0.05, 0) is 12.1 Å². The fourth-order valence-electron chi connectivity index (χ4n) is 0.832. The Labute approximate surface area is 90.2 Å². The molecule has 0 aromatic heterocycles. The molecule has 0 aliphatic heterocycles. The van der Waals surface area contributed by atoms with Crippen molar-refractivity contribution in [1.29, 1.82) is 0 Å².